The summed E-state index contributed by atoms with van der Waals surface area (Å²) in [6, 6.07) is 10.6. The van der Waals surface area contributed by atoms with Crippen molar-refractivity contribution in [3.05, 3.63) is 104 Å². The minimum absolute atomic E-state index is 0.184. The Bertz CT molecular complexity index is 1350. The number of nitrogens with zero attached hydrogens (tertiary/aromatic N) is 2. The SMILES string of the molecule is C=CCc1cc(/C=N\Nc2ccc(C(F)(F)F)cc2[N+](=O)[O-])cc(OC)c1OCc1ccc(Cl)c(Cl)c1. The quantitative estimate of drug-likeness (QED) is 0.120. The van der Waals surface area contributed by atoms with Gasteiger partial charge in [0.05, 0.1) is 33.9 Å². The molecule has 1 N–H and O–H groups in total. The molecular weight excluding hydrogens is 534 g/mol. The summed E-state index contributed by atoms with van der Waals surface area (Å²) in [4.78, 5) is 10.3. The molecule has 3 rings (SSSR count). The van der Waals surface area contributed by atoms with E-state index in [1.165, 1.54) is 13.3 Å². The van der Waals surface area contributed by atoms with Crippen LogP contribution in [-0.2, 0) is 19.2 Å². The largest absolute Gasteiger partial charge is 0.493 e. The third-order valence-corrected chi connectivity index (χ3v) is 5.76. The molecule has 12 heteroatoms. The highest BCUT2D eigenvalue weighted by atomic mass is 35.5. The molecule has 0 unspecified atom stereocenters. The summed E-state index contributed by atoms with van der Waals surface area (Å²) in [5.41, 5.74) is 2.37. The summed E-state index contributed by atoms with van der Waals surface area (Å²) in [7, 11) is 1.46. The van der Waals surface area contributed by atoms with Crippen LogP contribution in [0.3, 0.4) is 0 Å². The topological polar surface area (TPSA) is 86.0 Å². The molecule has 0 aliphatic carbocycles. The van der Waals surface area contributed by atoms with Crippen molar-refractivity contribution in [1.29, 1.82) is 0 Å². The number of nitro groups is 1. The molecule has 0 spiro atoms. The number of ether oxygens (including phenoxy) is 2. The van der Waals surface area contributed by atoms with Gasteiger partial charge in [-0.3, -0.25) is 15.5 Å². The first kappa shape index (κ1) is 27.8. The number of anilines is 1. The average Bonchev–Trinajstić information content (AvgIpc) is 2.84. The normalized spacial score (nSPS) is 11.4. The van der Waals surface area contributed by atoms with Gasteiger partial charge in [0, 0.05) is 11.6 Å². The summed E-state index contributed by atoms with van der Waals surface area (Å²) >= 11 is 12.0. The van der Waals surface area contributed by atoms with Crippen LogP contribution in [0.25, 0.3) is 0 Å². The lowest BCUT2D eigenvalue weighted by Gasteiger charge is -2.16. The molecule has 0 atom stereocenters. The summed E-state index contributed by atoms with van der Waals surface area (Å²) in [5.74, 6) is 0.860. The van der Waals surface area contributed by atoms with E-state index in [0.717, 1.165) is 23.3 Å². The molecule has 194 valence electrons. The number of benzene rings is 3. The van der Waals surface area contributed by atoms with Gasteiger partial charge in [-0.05, 0) is 53.9 Å². The molecule has 0 aliphatic rings. The van der Waals surface area contributed by atoms with Crippen LogP contribution in [0.15, 0.2) is 66.3 Å². The number of allylic oxidation sites excluding steroid dienone is 1. The molecular formula is C25H20Cl2F3N3O4. The summed E-state index contributed by atoms with van der Waals surface area (Å²) in [6.07, 6.45) is -1.27. The zero-order valence-electron chi connectivity index (χ0n) is 19.3. The third-order valence-electron chi connectivity index (χ3n) is 5.03. The molecule has 0 aromatic heterocycles. The number of alkyl halides is 3. The van der Waals surface area contributed by atoms with Crippen molar-refractivity contribution >= 4 is 40.8 Å². The number of methoxy groups -OCH3 is 1. The van der Waals surface area contributed by atoms with E-state index in [1.54, 1.807) is 36.4 Å². The number of halogens is 5. The first-order valence-electron chi connectivity index (χ1n) is 10.6. The second-order valence-electron chi connectivity index (χ2n) is 7.60. The van der Waals surface area contributed by atoms with E-state index in [1.807, 2.05) is 0 Å². The Morgan fingerprint density at radius 3 is 2.51 bits per heavy atom. The molecule has 0 radical (unpaired) electrons. The molecule has 0 amide bonds. The van der Waals surface area contributed by atoms with E-state index in [-0.39, 0.29) is 12.3 Å². The van der Waals surface area contributed by atoms with Crippen LogP contribution in [0.4, 0.5) is 24.5 Å². The van der Waals surface area contributed by atoms with Crippen LogP contribution in [0.1, 0.15) is 22.3 Å². The van der Waals surface area contributed by atoms with Gasteiger partial charge in [0.1, 0.15) is 12.3 Å². The lowest BCUT2D eigenvalue weighted by Crippen LogP contribution is -2.06. The Labute approximate surface area is 220 Å². The maximum atomic E-state index is 12.9. The Hall–Kier alpha value is -3.76. The number of hydrogen-bond donors (Lipinski definition) is 1. The van der Waals surface area contributed by atoms with Crippen LogP contribution in [0.2, 0.25) is 10.0 Å². The predicted octanol–water partition coefficient (Wildman–Crippen LogP) is 7.68. The lowest BCUT2D eigenvalue weighted by atomic mass is 10.1. The molecule has 0 fully saturated rings. The lowest BCUT2D eigenvalue weighted by molar-refractivity contribution is -0.384. The van der Waals surface area contributed by atoms with Crippen LogP contribution in [0, 0.1) is 10.1 Å². The molecule has 0 aliphatic heterocycles. The minimum atomic E-state index is -4.71. The smallest absolute Gasteiger partial charge is 0.416 e. The molecule has 0 heterocycles. The van der Waals surface area contributed by atoms with Gasteiger partial charge in [-0.2, -0.15) is 18.3 Å². The molecule has 0 saturated heterocycles. The molecule has 0 saturated carbocycles. The monoisotopic (exact) mass is 553 g/mol. The van der Waals surface area contributed by atoms with Crippen LogP contribution in [-0.4, -0.2) is 18.2 Å². The highest BCUT2D eigenvalue weighted by Gasteiger charge is 2.33. The third kappa shape index (κ3) is 7.14. The van der Waals surface area contributed by atoms with Crippen molar-refractivity contribution in [3.8, 4) is 11.5 Å². The zero-order chi connectivity index (χ0) is 27.2. The first-order valence-corrected chi connectivity index (χ1v) is 11.3. The number of rotatable bonds is 10. The summed E-state index contributed by atoms with van der Waals surface area (Å²) in [5, 5.41) is 16.0. The number of hydrogen-bond acceptors (Lipinski definition) is 6. The van der Waals surface area contributed by atoms with Gasteiger partial charge in [0.15, 0.2) is 11.5 Å². The van der Waals surface area contributed by atoms with Crippen LogP contribution in [0.5, 0.6) is 11.5 Å². The fourth-order valence-electron chi connectivity index (χ4n) is 3.30. The van der Waals surface area contributed by atoms with Gasteiger partial charge in [-0.1, -0.05) is 35.3 Å². The van der Waals surface area contributed by atoms with Crippen molar-refractivity contribution in [3.63, 3.8) is 0 Å². The van der Waals surface area contributed by atoms with E-state index >= 15 is 0 Å². The summed E-state index contributed by atoms with van der Waals surface area (Å²) < 4.78 is 50.2. The van der Waals surface area contributed by atoms with Gasteiger partial charge >= 0.3 is 6.18 Å². The second-order valence-corrected chi connectivity index (χ2v) is 8.41. The van der Waals surface area contributed by atoms with Crippen molar-refractivity contribution < 1.29 is 27.6 Å². The van der Waals surface area contributed by atoms with Gasteiger partial charge in [-0.25, -0.2) is 0 Å². The predicted molar refractivity (Wildman–Crippen MR) is 137 cm³/mol. The maximum Gasteiger partial charge on any atom is 0.416 e. The molecule has 3 aromatic rings. The molecule has 0 bridgehead atoms. The van der Waals surface area contributed by atoms with Gasteiger partial charge < -0.3 is 9.47 Å². The van der Waals surface area contributed by atoms with Crippen molar-refractivity contribution in [1.82, 2.24) is 0 Å². The Morgan fingerprint density at radius 1 is 1.14 bits per heavy atom. The molecule has 7 nitrogen and oxygen atoms in total. The van der Waals surface area contributed by atoms with E-state index in [2.05, 4.69) is 17.1 Å². The van der Waals surface area contributed by atoms with Crippen molar-refractivity contribution in [2.45, 2.75) is 19.2 Å². The summed E-state index contributed by atoms with van der Waals surface area (Å²) in [6.45, 7) is 3.94. The average molecular weight is 554 g/mol. The van der Waals surface area contributed by atoms with E-state index in [0.29, 0.717) is 39.6 Å². The number of nitro benzene ring substituents is 1. The van der Waals surface area contributed by atoms with Crippen molar-refractivity contribution in [2.24, 2.45) is 5.10 Å². The maximum absolute atomic E-state index is 12.9. The number of nitrogens with one attached hydrogen (secondary N) is 1. The Morgan fingerprint density at radius 2 is 1.89 bits per heavy atom. The fraction of sp³-hybridized carbons (Fsp3) is 0.160. The minimum Gasteiger partial charge on any atom is -0.493 e. The first-order chi connectivity index (χ1) is 17.5. The van der Waals surface area contributed by atoms with E-state index < -0.39 is 22.4 Å². The zero-order valence-corrected chi connectivity index (χ0v) is 20.8. The van der Waals surface area contributed by atoms with E-state index in [4.69, 9.17) is 32.7 Å². The molecule has 3 aromatic carbocycles. The van der Waals surface area contributed by atoms with Crippen molar-refractivity contribution in [2.75, 3.05) is 12.5 Å². The number of hydrazone groups is 1. The fourth-order valence-corrected chi connectivity index (χ4v) is 3.62. The van der Waals surface area contributed by atoms with Gasteiger partial charge in [0.2, 0.25) is 0 Å². The Balaban J connectivity index is 1.85. The highest BCUT2D eigenvalue weighted by Crippen LogP contribution is 2.36. The highest BCUT2D eigenvalue weighted by molar-refractivity contribution is 6.42. The van der Waals surface area contributed by atoms with Gasteiger partial charge in [-0.15, -0.1) is 6.58 Å². The molecule has 37 heavy (non-hydrogen) atoms. The van der Waals surface area contributed by atoms with Crippen LogP contribution < -0.4 is 14.9 Å². The van der Waals surface area contributed by atoms with Gasteiger partial charge in [0.25, 0.3) is 5.69 Å². The Kier molecular flexibility index (Phi) is 9.01. The standard InChI is InChI=1S/C25H20Cl2F3N3O4/c1-3-4-17-9-16(11-23(36-2)24(17)37-14-15-5-7-19(26)20(27)10-15)13-31-32-21-8-6-18(25(28,29)30)12-22(21)33(34)35/h3,5-13,32H,1,4,14H2,2H3/b31-13-. The van der Waals surface area contributed by atoms with Crippen LogP contribution >= 0.6 is 23.2 Å². The van der Waals surface area contributed by atoms with E-state index in [9.17, 15) is 23.3 Å². The second kappa shape index (κ2) is 12.0.